The molecule has 0 amide bonds. The molecule has 0 aliphatic rings. The first-order chi connectivity index (χ1) is 6.70. The lowest BCUT2D eigenvalue weighted by Gasteiger charge is -1.88. The van der Waals surface area contributed by atoms with Crippen LogP contribution in [0, 0.1) is 13.8 Å². The zero-order valence-corrected chi connectivity index (χ0v) is 8.63. The molecule has 0 saturated carbocycles. The fourth-order valence-electron chi connectivity index (χ4n) is 1.26. The third-order valence-corrected chi connectivity index (χ3v) is 2.08. The second-order valence-electron chi connectivity index (χ2n) is 2.96. The Labute approximate surface area is 85.9 Å². The van der Waals surface area contributed by atoms with Crippen molar-refractivity contribution in [3.8, 4) is 11.5 Å². The standard InChI is InChI=1S/C9H9ClN2O2/c1-5-3-7(6(2)13-5)9-12-11-8(4-10)14-9/h3H,4H2,1-2H3. The monoisotopic (exact) mass is 212 g/mol. The van der Waals surface area contributed by atoms with Crippen LogP contribution in [-0.2, 0) is 5.88 Å². The van der Waals surface area contributed by atoms with Crippen molar-refractivity contribution >= 4 is 11.6 Å². The Balaban J connectivity index is 2.43. The summed E-state index contributed by atoms with van der Waals surface area (Å²) in [5.41, 5.74) is 0.825. The van der Waals surface area contributed by atoms with Gasteiger partial charge in [-0.3, -0.25) is 0 Å². The van der Waals surface area contributed by atoms with Gasteiger partial charge in [-0.1, -0.05) is 0 Å². The van der Waals surface area contributed by atoms with Crippen LogP contribution in [0.25, 0.3) is 11.5 Å². The van der Waals surface area contributed by atoms with Crippen LogP contribution in [0.4, 0.5) is 0 Å². The molecule has 4 nitrogen and oxygen atoms in total. The van der Waals surface area contributed by atoms with Gasteiger partial charge in [-0.05, 0) is 19.9 Å². The first-order valence-electron chi connectivity index (χ1n) is 4.16. The largest absolute Gasteiger partial charge is 0.466 e. The molecule has 2 aromatic rings. The topological polar surface area (TPSA) is 52.1 Å². The number of aromatic nitrogens is 2. The van der Waals surface area contributed by atoms with Crippen LogP contribution in [0.5, 0.6) is 0 Å². The van der Waals surface area contributed by atoms with E-state index in [0.717, 1.165) is 17.1 Å². The van der Waals surface area contributed by atoms with Crippen molar-refractivity contribution < 1.29 is 8.83 Å². The van der Waals surface area contributed by atoms with Gasteiger partial charge in [0.2, 0.25) is 5.89 Å². The van der Waals surface area contributed by atoms with E-state index in [9.17, 15) is 0 Å². The minimum atomic E-state index is 0.225. The summed E-state index contributed by atoms with van der Waals surface area (Å²) in [6.45, 7) is 3.72. The van der Waals surface area contributed by atoms with Crippen molar-refractivity contribution in [2.24, 2.45) is 0 Å². The van der Waals surface area contributed by atoms with Crippen molar-refractivity contribution in [3.05, 3.63) is 23.5 Å². The Bertz CT molecular complexity index is 447. The van der Waals surface area contributed by atoms with E-state index in [-0.39, 0.29) is 5.88 Å². The van der Waals surface area contributed by atoms with Gasteiger partial charge in [0.1, 0.15) is 17.4 Å². The molecule has 0 fully saturated rings. The van der Waals surface area contributed by atoms with Crippen molar-refractivity contribution in [2.45, 2.75) is 19.7 Å². The highest BCUT2D eigenvalue weighted by molar-refractivity contribution is 6.16. The lowest BCUT2D eigenvalue weighted by atomic mass is 10.2. The number of furan rings is 1. The third-order valence-electron chi connectivity index (χ3n) is 1.85. The number of aryl methyl sites for hydroxylation is 2. The van der Waals surface area contributed by atoms with Crippen LogP contribution in [0.2, 0.25) is 0 Å². The van der Waals surface area contributed by atoms with E-state index in [1.165, 1.54) is 0 Å². The van der Waals surface area contributed by atoms with Gasteiger partial charge in [0, 0.05) is 0 Å². The second kappa shape index (κ2) is 3.46. The van der Waals surface area contributed by atoms with Gasteiger partial charge in [0.15, 0.2) is 0 Å². The summed E-state index contributed by atoms with van der Waals surface area (Å²) in [4.78, 5) is 0. The van der Waals surface area contributed by atoms with Gasteiger partial charge in [0.05, 0.1) is 5.56 Å². The number of alkyl halides is 1. The Morgan fingerprint density at radius 1 is 1.29 bits per heavy atom. The minimum absolute atomic E-state index is 0.225. The smallest absolute Gasteiger partial charge is 0.251 e. The van der Waals surface area contributed by atoms with E-state index in [4.69, 9.17) is 20.4 Å². The van der Waals surface area contributed by atoms with Gasteiger partial charge in [-0.2, -0.15) is 0 Å². The minimum Gasteiger partial charge on any atom is -0.466 e. The first kappa shape index (κ1) is 9.27. The van der Waals surface area contributed by atoms with E-state index < -0.39 is 0 Å². The molecule has 0 bridgehead atoms. The fraction of sp³-hybridized carbons (Fsp3) is 0.333. The number of hydrogen-bond acceptors (Lipinski definition) is 4. The van der Waals surface area contributed by atoms with Crippen molar-refractivity contribution in [3.63, 3.8) is 0 Å². The Kier molecular flexibility index (Phi) is 2.29. The molecule has 0 aromatic carbocycles. The zero-order valence-electron chi connectivity index (χ0n) is 7.87. The molecule has 0 spiro atoms. The fourth-order valence-corrected chi connectivity index (χ4v) is 1.37. The lowest BCUT2D eigenvalue weighted by Crippen LogP contribution is -1.76. The Hall–Kier alpha value is -1.29. The maximum Gasteiger partial charge on any atom is 0.251 e. The van der Waals surface area contributed by atoms with Crippen LogP contribution < -0.4 is 0 Å². The molecule has 14 heavy (non-hydrogen) atoms. The Morgan fingerprint density at radius 3 is 2.57 bits per heavy atom. The maximum absolute atomic E-state index is 5.55. The van der Waals surface area contributed by atoms with Crippen molar-refractivity contribution in [1.82, 2.24) is 10.2 Å². The predicted octanol–water partition coefficient (Wildman–Crippen LogP) is 2.69. The molecule has 0 aliphatic heterocycles. The van der Waals surface area contributed by atoms with Crippen molar-refractivity contribution in [2.75, 3.05) is 0 Å². The van der Waals surface area contributed by atoms with Crippen LogP contribution >= 0.6 is 11.6 Å². The summed E-state index contributed by atoms with van der Waals surface area (Å²) in [5.74, 6) is 2.69. The third kappa shape index (κ3) is 1.53. The molecular weight excluding hydrogens is 204 g/mol. The summed E-state index contributed by atoms with van der Waals surface area (Å²) in [6, 6.07) is 1.86. The molecule has 2 heterocycles. The van der Waals surface area contributed by atoms with Crippen LogP contribution in [0.15, 0.2) is 14.9 Å². The molecule has 0 N–H and O–H groups in total. The summed E-state index contributed by atoms with van der Waals surface area (Å²) in [5, 5.41) is 7.64. The molecule has 74 valence electrons. The summed E-state index contributed by atoms with van der Waals surface area (Å²) >= 11 is 5.55. The average Bonchev–Trinajstić information content (AvgIpc) is 2.71. The number of nitrogens with zero attached hydrogens (tertiary/aromatic N) is 2. The van der Waals surface area contributed by atoms with Gasteiger partial charge in [-0.15, -0.1) is 21.8 Å². The average molecular weight is 213 g/mol. The van der Waals surface area contributed by atoms with Crippen LogP contribution in [0.3, 0.4) is 0 Å². The number of rotatable bonds is 2. The molecular formula is C9H9ClN2O2. The molecule has 2 rings (SSSR count). The molecule has 0 saturated heterocycles. The summed E-state index contributed by atoms with van der Waals surface area (Å²) in [7, 11) is 0. The summed E-state index contributed by atoms with van der Waals surface area (Å²) in [6.07, 6.45) is 0. The molecule has 0 atom stereocenters. The van der Waals surface area contributed by atoms with E-state index >= 15 is 0 Å². The Morgan fingerprint density at radius 2 is 2.07 bits per heavy atom. The normalized spacial score (nSPS) is 10.8. The number of hydrogen-bond donors (Lipinski definition) is 0. The predicted molar refractivity (Wildman–Crippen MR) is 51.0 cm³/mol. The quantitative estimate of drug-likeness (QED) is 0.719. The maximum atomic E-state index is 5.55. The molecule has 2 aromatic heterocycles. The van der Waals surface area contributed by atoms with Crippen LogP contribution in [0.1, 0.15) is 17.4 Å². The van der Waals surface area contributed by atoms with E-state index in [2.05, 4.69) is 10.2 Å². The molecule has 5 heteroatoms. The van der Waals surface area contributed by atoms with Crippen LogP contribution in [-0.4, -0.2) is 10.2 Å². The van der Waals surface area contributed by atoms with Gasteiger partial charge < -0.3 is 8.83 Å². The van der Waals surface area contributed by atoms with Gasteiger partial charge in [-0.25, -0.2) is 0 Å². The van der Waals surface area contributed by atoms with Gasteiger partial charge >= 0.3 is 0 Å². The van der Waals surface area contributed by atoms with Crippen molar-refractivity contribution in [1.29, 1.82) is 0 Å². The SMILES string of the molecule is Cc1cc(-c2nnc(CCl)o2)c(C)o1. The first-order valence-corrected chi connectivity index (χ1v) is 4.70. The highest BCUT2D eigenvalue weighted by Gasteiger charge is 2.13. The zero-order chi connectivity index (χ0) is 10.1. The lowest BCUT2D eigenvalue weighted by molar-refractivity contribution is 0.499. The van der Waals surface area contributed by atoms with E-state index in [1.807, 2.05) is 19.9 Å². The molecule has 0 unspecified atom stereocenters. The van der Waals surface area contributed by atoms with E-state index in [0.29, 0.717) is 11.8 Å². The molecule has 0 aliphatic carbocycles. The molecule has 0 radical (unpaired) electrons. The van der Waals surface area contributed by atoms with Gasteiger partial charge in [0.25, 0.3) is 5.89 Å². The highest BCUT2D eigenvalue weighted by Crippen LogP contribution is 2.25. The second-order valence-corrected chi connectivity index (χ2v) is 3.23. The number of halogens is 1. The summed E-state index contributed by atoms with van der Waals surface area (Å²) < 4.78 is 10.6. The van der Waals surface area contributed by atoms with E-state index in [1.54, 1.807) is 0 Å². The highest BCUT2D eigenvalue weighted by atomic mass is 35.5.